The number of hydrogen-bond acceptors (Lipinski definition) is 7. The first-order chi connectivity index (χ1) is 14.4. The third-order valence-electron chi connectivity index (χ3n) is 4.38. The second kappa shape index (κ2) is 7.96. The van der Waals surface area contributed by atoms with Crippen LogP contribution in [0.1, 0.15) is 18.6 Å². The van der Waals surface area contributed by atoms with Gasteiger partial charge in [-0.1, -0.05) is 41.9 Å². The van der Waals surface area contributed by atoms with E-state index in [9.17, 15) is 13.2 Å². The van der Waals surface area contributed by atoms with Crippen LogP contribution in [0.25, 0.3) is 0 Å². The molecule has 0 bridgehead atoms. The largest absolute Gasteiger partial charge is 0.482 e. The van der Waals surface area contributed by atoms with E-state index in [0.717, 1.165) is 0 Å². The quantitative estimate of drug-likeness (QED) is 0.616. The van der Waals surface area contributed by atoms with Crippen LogP contribution in [0.2, 0.25) is 5.02 Å². The summed E-state index contributed by atoms with van der Waals surface area (Å²) < 4.78 is 38.6. The fourth-order valence-electron chi connectivity index (χ4n) is 2.94. The number of nitrogens with zero attached hydrogens (tertiary/aromatic N) is 3. The Hall–Kier alpha value is -3.11. The molecule has 1 aromatic heterocycles. The molecule has 156 valence electrons. The average molecular weight is 449 g/mol. The average Bonchev–Trinajstić information content (AvgIpc) is 3.18. The van der Waals surface area contributed by atoms with Crippen LogP contribution in [0.15, 0.2) is 51.9 Å². The summed E-state index contributed by atoms with van der Waals surface area (Å²) in [7, 11) is -3.97. The zero-order valence-electron chi connectivity index (χ0n) is 15.8. The molecule has 0 atom stereocenters. The lowest BCUT2D eigenvalue weighted by molar-refractivity contribution is -0.121. The van der Waals surface area contributed by atoms with Crippen molar-refractivity contribution in [3.8, 4) is 5.75 Å². The van der Waals surface area contributed by atoms with Crippen LogP contribution in [0, 0.1) is 0 Å². The van der Waals surface area contributed by atoms with Crippen LogP contribution in [0.4, 0.5) is 11.4 Å². The molecular weight excluding hydrogens is 432 g/mol. The molecule has 30 heavy (non-hydrogen) atoms. The number of hydrogen-bond donors (Lipinski definition) is 1. The summed E-state index contributed by atoms with van der Waals surface area (Å²) in [6.45, 7) is 1.67. The van der Waals surface area contributed by atoms with Crippen molar-refractivity contribution < 1.29 is 22.5 Å². The van der Waals surface area contributed by atoms with Gasteiger partial charge in [0.1, 0.15) is 10.6 Å². The SMILES string of the molecule is CCc1nc(CN2C(=O)COc3cc(S(=O)(=O)Nc4ccccc4)c(Cl)cc32)no1. The summed E-state index contributed by atoms with van der Waals surface area (Å²) in [6.07, 6.45) is 0.572. The topological polar surface area (TPSA) is 115 Å². The van der Waals surface area contributed by atoms with Crippen LogP contribution in [-0.4, -0.2) is 31.1 Å². The predicted molar refractivity (Wildman–Crippen MR) is 109 cm³/mol. The second-order valence-electron chi connectivity index (χ2n) is 6.45. The van der Waals surface area contributed by atoms with Crippen LogP contribution < -0.4 is 14.4 Å². The number of aryl methyl sites for hydroxylation is 1. The highest BCUT2D eigenvalue weighted by atomic mass is 35.5. The zero-order valence-corrected chi connectivity index (χ0v) is 17.4. The normalized spacial score (nSPS) is 13.7. The molecule has 3 aromatic rings. The van der Waals surface area contributed by atoms with Crippen molar-refractivity contribution in [2.75, 3.05) is 16.2 Å². The van der Waals surface area contributed by atoms with E-state index < -0.39 is 10.0 Å². The molecule has 0 fully saturated rings. The molecule has 0 spiro atoms. The van der Waals surface area contributed by atoms with Gasteiger partial charge in [-0.15, -0.1) is 0 Å². The van der Waals surface area contributed by atoms with E-state index in [2.05, 4.69) is 14.9 Å². The number of carbonyl (C=O) groups excluding carboxylic acids is 1. The van der Waals surface area contributed by atoms with Crippen molar-refractivity contribution >= 4 is 38.9 Å². The van der Waals surface area contributed by atoms with Crippen molar-refractivity contribution in [2.45, 2.75) is 24.8 Å². The molecule has 1 aliphatic rings. The van der Waals surface area contributed by atoms with E-state index in [4.69, 9.17) is 20.9 Å². The summed E-state index contributed by atoms with van der Waals surface area (Å²) >= 11 is 6.29. The maximum Gasteiger partial charge on any atom is 0.265 e. The summed E-state index contributed by atoms with van der Waals surface area (Å²) in [4.78, 5) is 17.8. The van der Waals surface area contributed by atoms with E-state index in [1.54, 1.807) is 30.3 Å². The van der Waals surface area contributed by atoms with E-state index in [1.165, 1.54) is 17.0 Å². The van der Waals surface area contributed by atoms with Crippen molar-refractivity contribution in [2.24, 2.45) is 0 Å². The highest BCUT2D eigenvalue weighted by Crippen LogP contribution is 2.39. The lowest BCUT2D eigenvalue weighted by Gasteiger charge is -2.29. The molecule has 0 unspecified atom stereocenters. The van der Waals surface area contributed by atoms with E-state index in [-0.39, 0.29) is 34.7 Å². The van der Waals surface area contributed by atoms with Crippen LogP contribution in [0.5, 0.6) is 5.75 Å². The number of amides is 1. The number of halogens is 1. The summed E-state index contributed by atoms with van der Waals surface area (Å²) in [5.41, 5.74) is 0.727. The molecule has 4 rings (SSSR count). The standard InChI is InChI=1S/C19H17ClN4O5S/c1-2-18-21-17(22-29-18)10-24-14-8-13(20)16(9-15(14)28-11-19(24)25)30(26,27)23-12-6-4-3-5-7-12/h3-9,23H,2,10-11H2,1H3. The van der Waals surface area contributed by atoms with Crippen molar-refractivity contribution in [3.05, 3.63) is 59.2 Å². The number of sulfonamides is 1. The molecule has 1 amide bonds. The van der Waals surface area contributed by atoms with E-state index >= 15 is 0 Å². The number of rotatable bonds is 6. The highest BCUT2D eigenvalue weighted by molar-refractivity contribution is 7.92. The molecule has 1 N–H and O–H groups in total. The number of fused-ring (bicyclic) bond motifs is 1. The Morgan fingerprint density at radius 2 is 2.00 bits per heavy atom. The van der Waals surface area contributed by atoms with Crippen molar-refractivity contribution in [3.63, 3.8) is 0 Å². The van der Waals surface area contributed by atoms with Gasteiger partial charge in [0.25, 0.3) is 15.9 Å². The molecular formula is C19H17ClN4O5S. The van der Waals surface area contributed by atoms with Crippen LogP contribution in [0.3, 0.4) is 0 Å². The van der Waals surface area contributed by atoms with Crippen molar-refractivity contribution in [1.82, 2.24) is 10.1 Å². The summed E-state index contributed by atoms with van der Waals surface area (Å²) in [5.74, 6) is 0.662. The number of nitrogens with one attached hydrogen (secondary N) is 1. The van der Waals surface area contributed by atoms with Crippen LogP contribution in [-0.2, 0) is 27.8 Å². The fraction of sp³-hybridized carbons (Fsp3) is 0.211. The third-order valence-corrected chi connectivity index (χ3v) is 6.23. The molecule has 0 saturated heterocycles. The summed E-state index contributed by atoms with van der Waals surface area (Å²) in [5, 5.41) is 3.80. The number of anilines is 2. The molecule has 0 aliphatic carbocycles. The van der Waals surface area contributed by atoms with E-state index in [1.807, 2.05) is 6.92 Å². The molecule has 0 radical (unpaired) electrons. The molecule has 0 saturated carbocycles. The minimum atomic E-state index is -3.97. The summed E-state index contributed by atoms with van der Waals surface area (Å²) in [6, 6.07) is 11.1. The third kappa shape index (κ3) is 3.96. The number of benzene rings is 2. The van der Waals surface area contributed by atoms with Gasteiger partial charge in [0.2, 0.25) is 5.89 Å². The molecule has 2 heterocycles. The minimum Gasteiger partial charge on any atom is -0.482 e. The van der Waals surface area contributed by atoms with Gasteiger partial charge in [0, 0.05) is 18.2 Å². The first-order valence-corrected chi connectivity index (χ1v) is 10.9. The first kappa shape index (κ1) is 20.2. The number of aromatic nitrogens is 2. The van der Waals surface area contributed by atoms with Gasteiger partial charge in [0.15, 0.2) is 12.4 Å². The van der Waals surface area contributed by atoms with Gasteiger partial charge in [-0.3, -0.25) is 14.4 Å². The van der Waals surface area contributed by atoms with Gasteiger partial charge >= 0.3 is 0 Å². The first-order valence-electron chi connectivity index (χ1n) is 9.03. The van der Waals surface area contributed by atoms with Crippen molar-refractivity contribution in [1.29, 1.82) is 0 Å². The number of para-hydroxylation sites is 1. The zero-order chi connectivity index (χ0) is 21.3. The number of ether oxygens (including phenoxy) is 1. The lowest BCUT2D eigenvalue weighted by Crippen LogP contribution is -2.38. The monoisotopic (exact) mass is 448 g/mol. The fourth-order valence-corrected chi connectivity index (χ4v) is 4.53. The predicted octanol–water partition coefficient (Wildman–Crippen LogP) is 3.01. The Labute approximate surface area is 177 Å². The van der Waals surface area contributed by atoms with E-state index in [0.29, 0.717) is 29.5 Å². The Morgan fingerprint density at radius 3 is 2.70 bits per heavy atom. The molecule has 11 heteroatoms. The Morgan fingerprint density at radius 1 is 1.23 bits per heavy atom. The minimum absolute atomic E-state index is 0.0450. The molecule has 9 nitrogen and oxygen atoms in total. The molecule has 2 aromatic carbocycles. The maximum atomic E-state index is 12.8. The Balaban J connectivity index is 1.67. The van der Waals surface area contributed by atoms with Crippen LogP contribution >= 0.6 is 11.6 Å². The second-order valence-corrected chi connectivity index (χ2v) is 8.51. The highest BCUT2D eigenvalue weighted by Gasteiger charge is 2.30. The Kier molecular flexibility index (Phi) is 5.35. The maximum absolute atomic E-state index is 12.8. The Bertz CT molecular complexity index is 1200. The number of carbonyl (C=O) groups is 1. The van der Waals surface area contributed by atoms with Gasteiger partial charge in [-0.05, 0) is 18.2 Å². The lowest BCUT2D eigenvalue weighted by atomic mass is 10.2. The smallest absolute Gasteiger partial charge is 0.265 e. The van der Waals surface area contributed by atoms with Gasteiger partial charge in [-0.2, -0.15) is 4.98 Å². The van der Waals surface area contributed by atoms with Gasteiger partial charge in [0.05, 0.1) is 17.3 Å². The van der Waals surface area contributed by atoms with Gasteiger partial charge < -0.3 is 9.26 Å². The molecule has 1 aliphatic heterocycles. The van der Waals surface area contributed by atoms with Gasteiger partial charge in [-0.25, -0.2) is 8.42 Å².